The molecule has 0 spiro atoms. The second-order valence-corrected chi connectivity index (χ2v) is 5.31. The number of hydrogen-bond donors (Lipinski definition) is 3. The van der Waals surface area contributed by atoms with Gasteiger partial charge in [0.25, 0.3) is 0 Å². The molecule has 0 unspecified atom stereocenters. The average Bonchev–Trinajstić information content (AvgIpc) is 2.91. The Morgan fingerprint density at radius 1 is 1.19 bits per heavy atom. The zero-order chi connectivity index (χ0) is 14.9. The third-order valence-electron chi connectivity index (χ3n) is 3.58. The van der Waals surface area contributed by atoms with Gasteiger partial charge in [0.1, 0.15) is 0 Å². The molecule has 0 aliphatic rings. The molecule has 0 saturated heterocycles. The van der Waals surface area contributed by atoms with E-state index < -0.39 is 0 Å². The fourth-order valence-corrected chi connectivity index (χ4v) is 2.46. The van der Waals surface area contributed by atoms with Crippen molar-refractivity contribution in [3.05, 3.63) is 36.0 Å². The summed E-state index contributed by atoms with van der Waals surface area (Å²) in [6, 6.07) is 8.29. The Kier molecular flexibility index (Phi) is 6.28. The summed E-state index contributed by atoms with van der Waals surface area (Å²) in [5.41, 5.74) is 2.46. The van der Waals surface area contributed by atoms with Crippen LogP contribution in [0.15, 0.2) is 30.5 Å². The van der Waals surface area contributed by atoms with Crippen LogP contribution >= 0.6 is 0 Å². The molecule has 0 aliphatic carbocycles. The molecule has 1 heterocycles. The summed E-state index contributed by atoms with van der Waals surface area (Å²) >= 11 is 0. The number of H-pyrrole nitrogens is 1. The van der Waals surface area contributed by atoms with Crippen LogP contribution in [0.4, 0.5) is 0 Å². The van der Waals surface area contributed by atoms with Gasteiger partial charge in [-0.25, -0.2) is 0 Å². The summed E-state index contributed by atoms with van der Waals surface area (Å²) in [7, 11) is 0. The average molecular weight is 287 g/mol. The molecule has 0 radical (unpaired) electrons. The monoisotopic (exact) mass is 287 g/mol. The molecular weight excluding hydrogens is 262 g/mol. The summed E-state index contributed by atoms with van der Waals surface area (Å²) in [4.78, 5) is 15.0. The molecule has 0 bridgehead atoms. The second kappa shape index (κ2) is 8.47. The van der Waals surface area contributed by atoms with Gasteiger partial charge in [-0.3, -0.25) is 4.79 Å². The van der Waals surface area contributed by atoms with E-state index in [9.17, 15) is 4.79 Å². The van der Waals surface area contributed by atoms with Gasteiger partial charge in [0, 0.05) is 36.6 Å². The lowest BCUT2D eigenvalue weighted by molar-refractivity contribution is -0.121. The molecule has 0 saturated carbocycles. The number of fused-ring (bicyclic) bond motifs is 1. The third-order valence-corrected chi connectivity index (χ3v) is 3.58. The van der Waals surface area contributed by atoms with E-state index in [1.165, 1.54) is 16.5 Å². The van der Waals surface area contributed by atoms with Gasteiger partial charge in [0.15, 0.2) is 0 Å². The largest absolute Gasteiger partial charge is 0.361 e. The van der Waals surface area contributed by atoms with Crippen molar-refractivity contribution in [3.63, 3.8) is 0 Å². The van der Waals surface area contributed by atoms with Gasteiger partial charge in [0.05, 0.1) is 0 Å². The molecular formula is C17H25N3O. The number of aromatic nitrogens is 1. The van der Waals surface area contributed by atoms with Crippen molar-refractivity contribution in [2.45, 2.75) is 32.6 Å². The zero-order valence-electron chi connectivity index (χ0n) is 12.7. The standard InChI is InChI=1S/C17H25N3O/c1-2-10-18-11-12-19-17(21)9-5-6-14-13-20-16-8-4-3-7-15(14)16/h3-4,7-8,13,18,20H,2,5-6,9-12H2,1H3,(H,19,21). The summed E-state index contributed by atoms with van der Waals surface area (Å²) in [6.45, 7) is 4.71. The van der Waals surface area contributed by atoms with Crippen LogP contribution in [-0.4, -0.2) is 30.5 Å². The molecule has 21 heavy (non-hydrogen) atoms. The lowest BCUT2D eigenvalue weighted by Crippen LogP contribution is -2.31. The van der Waals surface area contributed by atoms with Gasteiger partial charge in [-0.2, -0.15) is 0 Å². The van der Waals surface area contributed by atoms with Gasteiger partial charge in [-0.1, -0.05) is 25.1 Å². The van der Waals surface area contributed by atoms with Crippen LogP contribution in [-0.2, 0) is 11.2 Å². The minimum atomic E-state index is 0.146. The van der Waals surface area contributed by atoms with Crippen LogP contribution in [0.5, 0.6) is 0 Å². The summed E-state index contributed by atoms with van der Waals surface area (Å²) < 4.78 is 0. The number of carbonyl (C=O) groups excluding carboxylic acids is 1. The van der Waals surface area contributed by atoms with Crippen molar-refractivity contribution < 1.29 is 4.79 Å². The van der Waals surface area contributed by atoms with Gasteiger partial charge >= 0.3 is 0 Å². The first kappa shape index (κ1) is 15.6. The molecule has 114 valence electrons. The number of para-hydroxylation sites is 1. The molecule has 1 aromatic carbocycles. The SMILES string of the molecule is CCCNCCNC(=O)CCCc1c[nH]c2ccccc12. The Hall–Kier alpha value is -1.81. The van der Waals surface area contributed by atoms with Gasteiger partial charge in [-0.05, 0) is 37.4 Å². The topological polar surface area (TPSA) is 56.9 Å². The molecule has 3 N–H and O–H groups in total. The Bertz CT molecular complexity index is 562. The number of benzene rings is 1. The number of rotatable bonds is 9. The molecule has 2 rings (SSSR count). The highest BCUT2D eigenvalue weighted by atomic mass is 16.1. The molecule has 0 aliphatic heterocycles. The molecule has 2 aromatic rings. The quantitative estimate of drug-likeness (QED) is 0.621. The van der Waals surface area contributed by atoms with Crippen LogP contribution in [0.2, 0.25) is 0 Å². The van der Waals surface area contributed by atoms with Crippen molar-refractivity contribution in [2.24, 2.45) is 0 Å². The maximum atomic E-state index is 11.7. The highest BCUT2D eigenvalue weighted by Crippen LogP contribution is 2.19. The highest BCUT2D eigenvalue weighted by Gasteiger charge is 2.05. The van der Waals surface area contributed by atoms with Crippen molar-refractivity contribution in [2.75, 3.05) is 19.6 Å². The number of aryl methyl sites for hydroxylation is 1. The third kappa shape index (κ3) is 4.90. The summed E-state index contributed by atoms with van der Waals surface area (Å²) in [5, 5.41) is 7.49. The van der Waals surface area contributed by atoms with E-state index in [1.54, 1.807) is 0 Å². The molecule has 1 aromatic heterocycles. The lowest BCUT2D eigenvalue weighted by atomic mass is 10.1. The summed E-state index contributed by atoms with van der Waals surface area (Å²) in [6.07, 6.45) is 5.59. The fourth-order valence-electron chi connectivity index (χ4n) is 2.46. The molecule has 4 heteroatoms. The van der Waals surface area contributed by atoms with Gasteiger partial charge in [0.2, 0.25) is 5.91 Å². The number of carbonyl (C=O) groups is 1. The predicted octanol–water partition coefficient (Wildman–Crippen LogP) is 2.61. The minimum absolute atomic E-state index is 0.146. The predicted molar refractivity (Wildman–Crippen MR) is 87.4 cm³/mol. The maximum Gasteiger partial charge on any atom is 0.220 e. The Balaban J connectivity index is 1.66. The minimum Gasteiger partial charge on any atom is -0.361 e. The van der Waals surface area contributed by atoms with Gasteiger partial charge < -0.3 is 15.6 Å². The van der Waals surface area contributed by atoms with E-state index in [2.05, 4.69) is 46.9 Å². The van der Waals surface area contributed by atoms with Crippen LogP contribution < -0.4 is 10.6 Å². The first-order chi connectivity index (χ1) is 10.3. The second-order valence-electron chi connectivity index (χ2n) is 5.31. The van der Waals surface area contributed by atoms with Crippen molar-refractivity contribution in [1.29, 1.82) is 0 Å². The van der Waals surface area contributed by atoms with Crippen LogP contribution in [0.3, 0.4) is 0 Å². The van der Waals surface area contributed by atoms with E-state index in [0.29, 0.717) is 13.0 Å². The van der Waals surface area contributed by atoms with Gasteiger partial charge in [-0.15, -0.1) is 0 Å². The highest BCUT2D eigenvalue weighted by molar-refractivity contribution is 5.83. The first-order valence-corrected chi connectivity index (χ1v) is 7.83. The van der Waals surface area contributed by atoms with E-state index in [0.717, 1.165) is 32.4 Å². The van der Waals surface area contributed by atoms with E-state index >= 15 is 0 Å². The Labute approximate surface area is 126 Å². The first-order valence-electron chi connectivity index (χ1n) is 7.83. The maximum absolute atomic E-state index is 11.7. The van der Waals surface area contributed by atoms with Crippen LogP contribution in [0.1, 0.15) is 31.7 Å². The van der Waals surface area contributed by atoms with Crippen molar-refractivity contribution in [1.82, 2.24) is 15.6 Å². The smallest absolute Gasteiger partial charge is 0.220 e. The Morgan fingerprint density at radius 2 is 2.05 bits per heavy atom. The fraction of sp³-hybridized carbons (Fsp3) is 0.471. The Morgan fingerprint density at radius 3 is 2.90 bits per heavy atom. The lowest BCUT2D eigenvalue weighted by Gasteiger charge is -2.06. The van der Waals surface area contributed by atoms with Crippen molar-refractivity contribution >= 4 is 16.8 Å². The number of aromatic amines is 1. The number of nitrogens with one attached hydrogen (secondary N) is 3. The molecule has 4 nitrogen and oxygen atoms in total. The molecule has 0 atom stereocenters. The van der Waals surface area contributed by atoms with Crippen LogP contribution in [0, 0.1) is 0 Å². The number of hydrogen-bond acceptors (Lipinski definition) is 2. The molecule has 1 amide bonds. The number of amides is 1. The normalized spacial score (nSPS) is 10.9. The summed E-state index contributed by atoms with van der Waals surface area (Å²) in [5.74, 6) is 0.146. The van der Waals surface area contributed by atoms with Crippen molar-refractivity contribution in [3.8, 4) is 0 Å². The zero-order valence-corrected chi connectivity index (χ0v) is 12.7. The van der Waals surface area contributed by atoms with E-state index in [1.807, 2.05) is 6.07 Å². The van der Waals surface area contributed by atoms with E-state index in [4.69, 9.17) is 0 Å². The van der Waals surface area contributed by atoms with Crippen LogP contribution in [0.25, 0.3) is 10.9 Å². The molecule has 0 fully saturated rings. The van der Waals surface area contributed by atoms with E-state index in [-0.39, 0.29) is 5.91 Å².